The maximum atomic E-state index is 13.8. The number of hydrogen-bond acceptors (Lipinski definition) is 6. The molecule has 4 aromatic rings. The van der Waals surface area contributed by atoms with E-state index in [1.807, 2.05) is 30.3 Å². The molecule has 0 aliphatic carbocycles. The molecule has 0 saturated heterocycles. The lowest BCUT2D eigenvalue weighted by molar-refractivity contribution is 0.0981. The molecule has 0 fully saturated rings. The number of ether oxygens (including phenoxy) is 2. The predicted molar refractivity (Wildman–Crippen MR) is 128 cm³/mol. The van der Waals surface area contributed by atoms with Crippen molar-refractivity contribution in [2.45, 2.75) is 26.3 Å². The van der Waals surface area contributed by atoms with Crippen molar-refractivity contribution in [2.24, 2.45) is 0 Å². The first kappa shape index (κ1) is 21.8. The van der Waals surface area contributed by atoms with Crippen molar-refractivity contribution in [3.05, 3.63) is 77.6 Å². The van der Waals surface area contributed by atoms with Crippen LogP contribution >= 0.6 is 11.3 Å². The fraction of sp³-hybridized carbons (Fsp3) is 0.240. The summed E-state index contributed by atoms with van der Waals surface area (Å²) >= 11 is 1.50. The number of methoxy groups -OCH3 is 2. The van der Waals surface area contributed by atoms with Crippen LogP contribution in [0, 0.1) is 0 Å². The quantitative estimate of drug-likeness (QED) is 0.365. The van der Waals surface area contributed by atoms with Crippen molar-refractivity contribution in [1.82, 2.24) is 9.97 Å². The predicted octanol–water partition coefficient (Wildman–Crippen LogP) is 5.68. The monoisotopic (exact) mass is 447 g/mol. The van der Waals surface area contributed by atoms with Gasteiger partial charge in [0.05, 0.1) is 42.2 Å². The minimum absolute atomic E-state index is 0.225. The maximum absolute atomic E-state index is 13.8. The lowest BCUT2D eigenvalue weighted by atomic mass is 10.0. The fourth-order valence-corrected chi connectivity index (χ4v) is 4.54. The molecule has 1 amide bonds. The van der Waals surface area contributed by atoms with Crippen LogP contribution in [0.15, 0.2) is 60.8 Å². The molecule has 4 rings (SSSR count). The summed E-state index contributed by atoms with van der Waals surface area (Å²) in [4.78, 5) is 24.8. The van der Waals surface area contributed by atoms with Crippen LogP contribution < -0.4 is 14.4 Å². The van der Waals surface area contributed by atoms with Crippen LogP contribution in [0.3, 0.4) is 0 Å². The number of rotatable bonds is 7. The average Bonchev–Trinajstić information content (AvgIpc) is 3.26. The number of carbonyl (C=O) groups is 1. The van der Waals surface area contributed by atoms with E-state index in [-0.39, 0.29) is 12.5 Å². The molecule has 0 aliphatic rings. The van der Waals surface area contributed by atoms with Gasteiger partial charge in [0.25, 0.3) is 5.91 Å². The topological polar surface area (TPSA) is 64.6 Å². The standard InChI is InChI=1S/C25H25N3O3S/c1-16(2)19-9-7-10-22-23(19)27-25(32-22)28(15-17-8-5-6-13-26-17)24(29)20-14-18(30-3)11-12-21(20)31-4/h5-14,16H,15H2,1-4H3. The highest BCUT2D eigenvalue weighted by Gasteiger charge is 2.26. The van der Waals surface area contributed by atoms with E-state index in [0.717, 1.165) is 21.5 Å². The second kappa shape index (κ2) is 9.36. The Bertz CT molecular complexity index is 1240. The third-order valence-electron chi connectivity index (χ3n) is 5.22. The molecule has 0 radical (unpaired) electrons. The molecule has 7 heteroatoms. The maximum Gasteiger partial charge on any atom is 0.264 e. The molecule has 0 atom stereocenters. The smallest absolute Gasteiger partial charge is 0.264 e. The summed E-state index contributed by atoms with van der Waals surface area (Å²) in [5.74, 6) is 1.16. The number of nitrogens with zero attached hydrogens (tertiary/aromatic N) is 3. The minimum atomic E-state index is -0.225. The molecule has 0 unspecified atom stereocenters. The molecule has 0 aliphatic heterocycles. The molecule has 0 spiro atoms. The van der Waals surface area contributed by atoms with Gasteiger partial charge in [0.15, 0.2) is 5.13 Å². The number of thiazole rings is 1. The number of para-hydroxylation sites is 1. The van der Waals surface area contributed by atoms with Gasteiger partial charge < -0.3 is 9.47 Å². The average molecular weight is 448 g/mol. The first-order valence-electron chi connectivity index (χ1n) is 10.3. The highest BCUT2D eigenvalue weighted by Crippen LogP contribution is 2.36. The summed E-state index contributed by atoms with van der Waals surface area (Å²) in [5, 5.41) is 0.619. The van der Waals surface area contributed by atoms with Gasteiger partial charge in [-0.25, -0.2) is 4.98 Å². The first-order valence-corrected chi connectivity index (χ1v) is 11.2. The van der Waals surface area contributed by atoms with Crippen LogP contribution in [0.1, 0.15) is 41.4 Å². The molecule has 2 heterocycles. The summed E-state index contributed by atoms with van der Waals surface area (Å²) in [6.07, 6.45) is 1.72. The summed E-state index contributed by atoms with van der Waals surface area (Å²) in [6.45, 7) is 4.58. The van der Waals surface area contributed by atoms with Gasteiger partial charge in [0.2, 0.25) is 0 Å². The van der Waals surface area contributed by atoms with E-state index >= 15 is 0 Å². The molecular formula is C25H25N3O3S. The van der Waals surface area contributed by atoms with E-state index in [0.29, 0.717) is 28.1 Å². The first-order chi connectivity index (χ1) is 15.5. The molecule has 0 bridgehead atoms. The number of fused-ring (bicyclic) bond motifs is 1. The van der Waals surface area contributed by atoms with Crippen molar-refractivity contribution >= 4 is 32.6 Å². The molecular weight excluding hydrogens is 422 g/mol. The van der Waals surface area contributed by atoms with Crippen molar-refractivity contribution in [2.75, 3.05) is 19.1 Å². The second-order valence-electron chi connectivity index (χ2n) is 7.62. The Kier molecular flexibility index (Phi) is 6.37. The molecule has 6 nitrogen and oxygen atoms in total. The van der Waals surface area contributed by atoms with E-state index in [9.17, 15) is 4.79 Å². The Morgan fingerprint density at radius 3 is 2.59 bits per heavy atom. The fourth-order valence-electron chi connectivity index (χ4n) is 3.55. The van der Waals surface area contributed by atoms with Crippen molar-refractivity contribution in [3.63, 3.8) is 0 Å². The van der Waals surface area contributed by atoms with Gasteiger partial charge in [0, 0.05) is 6.20 Å². The number of hydrogen-bond donors (Lipinski definition) is 0. The van der Waals surface area contributed by atoms with Gasteiger partial charge in [-0.05, 0) is 47.9 Å². The number of benzene rings is 2. The highest BCUT2D eigenvalue weighted by atomic mass is 32.1. The summed E-state index contributed by atoms with van der Waals surface area (Å²) < 4.78 is 11.9. The second-order valence-corrected chi connectivity index (χ2v) is 8.63. The van der Waals surface area contributed by atoms with Crippen LogP contribution in [0.5, 0.6) is 11.5 Å². The van der Waals surface area contributed by atoms with Gasteiger partial charge in [-0.15, -0.1) is 0 Å². The van der Waals surface area contributed by atoms with Crippen LogP contribution in [-0.2, 0) is 6.54 Å². The van der Waals surface area contributed by atoms with Crippen LogP contribution in [0.2, 0.25) is 0 Å². The highest BCUT2D eigenvalue weighted by molar-refractivity contribution is 7.22. The Hall–Kier alpha value is -3.45. The number of aromatic nitrogens is 2. The zero-order valence-electron chi connectivity index (χ0n) is 18.5. The van der Waals surface area contributed by atoms with Crippen molar-refractivity contribution in [1.29, 1.82) is 0 Å². The minimum Gasteiger partial charge on any atom is -0.497 e. The van der Waals surface area contributed by atoms with Gasteiger partial charge in [-0.1, -0.05) is 43.4 Å². The van der Waals surface area contributed by atoms with Gasteiger partial charge >= 0.3 is 0 Å². The zero-order chi connectivity index (χ0) is 22.7. The number of anilines is 1. The third kappa shape index (κ3) is 4.29. The lowest BCUT2D eigenvalue weighted by Crippen LogP contribution is -2.31. The van der Waals surface area contributed by atoms with Crippen LogP contribution in [-0.4, -0.2) is 30.1 Å². The number of pyridine rings is 1. The molecule has 0 saturated carbocycles. The SMILES string of the molecule is COc1ccc(OC)c(C(=O)N(Cc2ccccn2)c2nc3c(C(C)C)cccc3s2)c1. The van der Waals surface area contributed by atoms with Crippen molar-refractivity contribution < 1.29 is 14.3 Å². The van der Waals surface area contributed by atoms with E-state index in [2.05, 4.69) is 24.9 Å². The largest absolute Gasteiger partial charge is 0.497 e. The molecule has 32 heavy (non-hydrogen) atoms. The molecule has 164 valence electrons. The number of amides is 1. The molecule has 2 aromatic heterocycles. The zero-order valence-corrected chi connectivity index (χ0v) is 19.3. The third-order valence-corrected chi connectivity index (χ3v) is 6.26. The Morgan fingerprint density at radius 1 is 1.06 bits per heavy atom. The van der Waals surface area contributed by atoms with E-state index in [4.69, 9.17) is 14.5 Å². The Morgan fingerprint density at radius 2 is 1.91 bits per heavy atom. The van der Waals surface area contributed by atoms with Gasteiger partial charge in [0.1, 0.15) is 11.5 Å². The van der Waals surface area contributed by atoms with Crippen LogP contribution in [0.4, 0.5) is 5.13 Å². The lowest BCUT2D eigenvalue weighted by Gasteiger charge is -2.21. The molecule has 2 aromatic carbocycles. The number of carbonyl (C=O) groups excluding carboxylic acids is 1. The van der Waals surface area contributed by atoms with Crippen LogP contribution in [0.25, 0.3) is 10.2 Å². The van der Waals surface area contributed by atoms with E-state index in [1.54, 1.807) is 43.5 Å². The Balaban J connectivity index is 1.84. The van der Waals surface area contributed by atoms with Crippen molar-refractivity contribution in [3.8, 4) is 11.5 Å². The normalized spacial score (nSPS) is 11.0. The van der Waals surface area contributed by atoms with E-state index < -0.39 is 0 Å². The summed E-state index contributed by atoms with van der Waals surface area (Å²) in [5.41, 5.74) is 3.27. The van der Waals surface area contributed by atoms with Gasteiger partial charge in [-0.2, -0.15) is 0 Å². The molecule has 0 N–H and O–H groups in total. The summed E-state index contributed by atoms with van der Waals surface area (Å²) in [6, 6.07) is 17.0. The van der Waals surface area contributed by atoms with Gasteiger partial charge in [-0.3, -0.25) is 14.7 Å². The Labute approximate surface area is 191 Å². The van der Waals surface area contributed by atoms with E-state index in [1.165, 1.54) is 11.3 Å². The summed E-state index contributed by atoms with van der Waals surface area (Å²) in [7, 11) is 3.12.